The predicted octanol–water partition coefficient (Wildman–Crippen LogP) is 2.34. The summed E-state index contributed by atoms with van der Waals surface area (Å²) in [5.41, 5.74) is 1.15. The summed E-state index contributed by atoms with van der Waals surface area (Å²) in [6.07, 6.45) is 2.52. The van der Waals surface area contributed by atoms with Gasteiger partial charge >= 0.3 is 0 Å². The summed E-state index contributed by atoms with van der Waals surface area (Å²) in [4.78, 5) is 0. The lowest BCUT2D eigenvalue weighted by Crippen LogP contribution is -2.44. The van der Waals surface area contributed by atoms with Crippen molar-refractivity contribution in [1.29, 1.82) is 0 Å². The lowest BCUT2D eigenvalue weighted by Gasteiger charge is -2.34. The molecule has 1 aromatic rings. The zero-order valence-corrected chi connectivity index (χ0v) is 8.58. The number of ether oxygens (including phenoxy) is 1. The van der Waals surface area contributed by atoms with Crippen LogP contribution in [0.15, 0.2) is 24.3 Å². The number of halogens is 1. The number of piperidine rings is 1. The van der Waals surface area contributed by atoms with E-state index in [4.69, 9.17) is 4.74 Å². The van der Waals surface area contributed by atoms with Gasteiger partial charge < -0.3 is 4.74 Å². The molecule has 2 heterocycles. The van der Waals surface area contributed by atoms with Crippen LogP contribution in [0.25, 0.3) is 0 Å². The number of nitrogens with zero attached hydrogens (tertiary/aromatic N) is 1. The van der Waals surface area contributed by atoms with Crippen molar-refractivity contribution in [3.05, 3.63) is 29.8 Å². The Morgan fingerprint density at radius 2 is 1.93 bits per heavy atom. The minimum Gasteiger partial charge on any atom is -0.487 e. The number of para-hydroxylation sites is 1. The minimum absolute atomic E-state index is 0.119. The molecule has 1 spiro atoms. The van der Waals surface area contributed by atoms with E-state index in [-0.39, 0.29) is 5.60 Å². The SMILES string of the molecule is FN1CCC2(CC1)Cc1ccccc1O2. The molecule has 3 heteroatoms. The van der Waals surface area contributed by atoms with Gasteiger partial charge in [0.2, 0.25) is 0 Å². The maximum Gasteiger partial charge on any atom is 0.123 e. The number of fused-ring (bicyclic) bond motifs is 1. The van der Waals surface area contributed by atoms with Crippen molar-refractivity contribution >= 4 is 0 Å². The minimum atomic E-state index is -0.119. The van der Waals surface area contributed by atoms with E-state index in [1.54, 1.807) is 0 Å². The van der Waals surface area contributed by atoms with Gasteiger partial charge in [-0.1, -0.05) is 18.2 Å². The smallest absolute Gasteiger partial charge is 0.123 e. The highest BCUT2D eigenvalue weighted by Crippen LogP contribution is 2.40. The molecule has 1 fully saturated rings. The van der Waals surface area contributed by atoms with Crippen molar-refractivity contribution in [3.8, 4) is 5.75 Å². The molecule has 2 aliphatic heterocycles. The van der Waals surface area contributed by atoms with E-state index >= 15 is 0 Å². The third-order valence-corrected chi connectivity index (χ3v) is 3.43. The zero-order chi connectivity index (χ0) is 10.3. The fourth-order valence-electron chi connectivity index (χ4n) is 2.53. The third kappa shape index (κ3) is 1.51. The molecule has 2 aliphatic rings. The van der Waals surface area contributed by atoms with Crippen LogP contribution in [-0.2, 0) is 6.42 Å². The van der Waals surface area contributed by atoms with E-state index in [1.807, 2.05) is 18.2 Å². The van der Waals surface area contributed by atoms with Gasteiger partial charge in [0, 0.05) is 32.4 Å². The Bertz CT molecular complexity index is 345. The van der Waals surface area contributed by atoms with Gasteiger partial charge in [-0.25, -0.2) is 0 Å². The molecule has 3 rings (SSSR count). The van der Waals surface area contributed by atoms with E-state index in [1.165, 1.54) is 5.56 Å². The van der Waals surface area contributed by atoms with Gasteiger partial charge in [0.25, 0.3) is 0 Å². The standard InChI is InChI=1S/C12H14FNO/c13-14-7-5-12(6-8-14)9-10-3-1-2-4-11(10)15-12/h1-4H,5-9H2. The van der Waals surface area contributed by atoms with Crippen molar-refractivity contribution < 1.29 is 9.22 Å². The lowest BCUT2D eigenvalue weighted by atomic mass is 9.88. The Balaban J connectivity index is 1.83. The van der Waals surface area contributed by atoms with Crippen LogP contribution in [0, 0.1) is 0 Å². The molecule has 0 amide bonds. The molecule has 0 unspecified atom stereocenters. The Hall–Kier alpha value is -1.09. The van der Waals surface area contributed by atoms with Gasteiger partial charge in [0.1, 0.15) is 11.4 Å². The van der Waals surface area contributed by atoms with Crippen molar-refractivity contribution in [2.45, 2.75) is 24.9 Å². The normalized spacial score (nSPS) is 23.8. The lowest BCUT2D eigenvalue weighted by molar-refractivity contribution is -0.0619. The maximum absolute atomic E-state index is 12.9. The van der Waals surface area contributed by atoms with E-state index in [2.05, 4.69) is 6.07 Å². The molecule has 0 aliphatic carbocycles. The molecule has 0 bridgehead atoms. The van der Waals surface area contributed by atoms with E-state index in [0.29, 0.717) is 13.1 Å². The zero-order valence-electron chi connectivity index (χ0n) is 8.58. The molecule has 15 heavy (non-hydrogen) atoms. The molecule has 0 N–H and O–H groups in total. The molecule has 0 radical (unpaired) electrons. The molecule has 2 nitrogen and oxygen atoms in total. The fourth-order valence-corrected chi connectivity index (χ4v) is 2.53. The maximum atomic E-state index is 12.9. The van der Waals surface area contributed by atoms with Crippen molar-refractivity contribution in [3.63, 3.8) is 0 Å². The summed E-state index contributed by atoms with van der Waals surface area (Å²) in [6.45, 7) is 0.988. The first-order valence-electron chi connectivity index (χ1n) is 5.45. The molecule has 1 saturated heterocycles. The molecule has 1 aromatic carbocycles. The number of hydrogen-bond donors (Lipinski definition) is 0. The van der Waals surface area contributed by atoms with Gasteiger partial charge in [0.15, 0.2) is 0 Å². The highest BCUT2D eigenvalue weighted by molar-refractivity contribution is 5.39. The second-order valence-corrected chi connectivity index (χ2v) is 4.48. The van der Waals surface area contributed by atoms with Crippen molar-refractivity contribution in [2.75, 3.05) is 13.1 Å². The second-order valence-electron chi connectivity index (χ2n) is 4.48. The summed E-state index contributed by atoms with van der Waals surface area (Å²) in [6, 6.07) is 8.13. The second kappa shape index (κ2) is 3.20. The highest BCUT2D eigenvalue weighted by Gasteiger charge is 2.41. The van der Waals surface area contributed by atoms with Gasteiger partial charge in [0.05, 0.1) is 0 Å². The van der Waals surface area contributed by atoms with Gasteiger partial charge in [-0.15, -0.1) is 9.60 Å². The first kappa shape index (κ1) is 9.16. The average Bonchev–Trinajstić information content (AvgIpc) is 2.61. The summed E-state index contributed by atoms with van der Waals surface area (Å²) in [5, 5.41) is 0.887. The summed E-state index contributed by atoms with van der Waals surface area (Å²) in [7, 11) is 0. The highest BCUT2D eigenvalue weighted by atomic mass is 19.2. The van der Waals surface area contributed by atoms with Crippen LogP contribution in [0.2, 0.25) is 0 Å². The van der Waals surface area contributed by atoms with Crippen LogP contribution in [0.4, 0.5) is 4.48 Å². The van der Waals surface area contributed by atoms with Crippen LogP contribution in [0.3, 0.4) is 0 Å². The van der Waals surface area contributed by atoms with Crippen molar-refractivity contribution in [1.82, 2.24) is 5.12 Å². The first-order valence-corrected chi connectivity index (χ1v) is 5.45. The van der Waals surface area contributed by atoms with Gasteiger partial charge in [-0.05, 0) is 11.6 Å². The molecule has 80 valence electrons. The Morgan fingerprint density at radius 1 is 1.20 bits per heavy atom. The number of benzene rings is 1. The molecule has 0 aromatic heterocycles. The Morgan fingerprint density at radius 3 is 2.67 bits per heavy atom. The van der Waals surface area contributed by atoms with E-state index in [0.717, 1.165) is 30.1 Å². The first-order chi connectivity index (χ1) is 7.27. The summed E-state index contributed by atoms with van der Waals surface area (Å²) >= 11 is 0. The predicted molar refractivity (Wildman–Crippen MR) is 55.4 cm³/mol. The van der Waals surface area contributed by atoms with Crippen LogP contribution >= 0.6 is 0 Å². The van der Waals surface area contributed by atoms with E-state index in [9.17, 15) is 4.48 Å². The topological polar surface area (TPSA) is 12.5 Å². The van der Waals surface area contributed by atoms with Crippen molar-refractivity contribution in [2.24, 2.45) is 0 Å². The Kier molecular flexibility index (Phi) is 1.96. The van der Waals surface area contributed by atoms with E-state index < -0.39 is 0 Å². The summed E-state index contributed by atoms with van der Waals surface area (Å²) < 4.78 is 18.9. The Labute approximate surface area is 88.6 Å². The fraction of sp³-hybridized carbons (Fsp3) is 0.500. The monoisotopic (exact) mass is 207 g/mol. The summed E-state index contributed by atoms with van der Waals surface area (Å²) in [5.74, 6) is 0.991. The quantitative estimate of drug-likeness (QED) is 0.605. The number of rotatable bonds is 0. The van der Waals surface area contributed by atoms with Gasteiger partial charge in [-0.3, -0.25) is 0 Å². The van der Waals surface area contributed by atoms with Crippen LogP contribution in [0.1, 0.15) is 18.4 Å². The van der Waals surface area contributed by atoms with Crippen LogP contribution in [-0.4, -0.2) is 23.8 Å². The number of hydrogen-bond acceptors (Lipinski definition) is 2. The largest absolute Gasteiger partial charge is 0.487 e. The molecular formula is C12H14FNO. The average molecular weight is 207 g/mol. The van der Waals surface area contributed by atoms with Crippen LogP contribution < -0.4 is 4.74 Å². The van der Waals surface area contributed by atoms with Gasteiger partial charge in [-0.2, -0.15) is 0 Å². The molecule has 0 atom stereocenters. The van der Waals surface area contributed by atoms with Crippen LogP contribution in [0.5, 0.6) is 5.75 Å². The molecule has 0 saturated carbocycles. The molecular weight excluding hydrogens is 193 g/mol. The third-order valence-electron chi connectivity index (χ3n) is 3.43.